The molecule has 9 nitrogen and oxygen atoms in total. The van der Waals surface area contributed by atoms with E-state index in [9.17, 15) is 19.5 Å². The highest BCUT2D eigenvalue weighted by Gasteiger charge is 2.36. The standard InChI is InChI=1S/C18H22N4O5/c1-21-13(8-15(24)22(2)18(21)26)17(25)20-16(11-6-12(23)7-11)10-4-5-14(27-3)19-9-10/h4-5,8-9,11-12,16,23H,6-7H2,1-3H3,(H,20,25)/t11?,12?,16-/m1/s1. The molecule has 0 unspecified atom stereocenters. The van der Waals surface area contributed by atoms with E-state index < -0.39 is 29.3 Å². The number of aliphatic hydroxyl groups is 1. The van der Waals surface area contributed by atoms with Crippen molar-refractivity contribution in [1.29, 1.82) is 0 Å². The first kappa shape index (κ1) is 18.8. The summed E-state index contributed by atoms with van der Waals surface area (Å²) in [5.41, 5.74) is -0.385. The molecule has 1 aliphatic carbocycles. The molecule has 1 aliphatic rings. The number of hydrogen-bond acceptors (Lipinski definition) is 6. The third-order valence-corrected chi connectivity index (χ3v) is 4.99. The van der Waals surface area contributed by atoms with Gasteiger partial charge in [-0.2, -0.15) is 0 Å². The molecule has 2 aromatic rings. The highest BCUT2D eigenvalue weighted by atomic mass is 16.5. The molecule has 27 heavy (non-hydrogen) atoms. The molecular weight excluding hydrogens is 352 g/mol. The first-order valence-corrected chi connectivity index (χ1v) is 8.57. The quantitative estimate of drug-likeness (QED) is 0.744. The van der Waals surface area contributed by atoms with E-state index in [2.05, 4.69) is 10.3 Å². The smallest absolute Gasteiger partial charge is 0.331 e. The zero-order valence-corrected chi connectivity index (χ0v) is 15.4. The highest BCUT2D eigenvalue weighted by Crippen LogP contribution is 2.38. The Balaban J connectivity index is 1.91. The Hall–Kier alpha value is -2.94. The van der Waals surface area contributed by atoms with E-state index in [1.807, 2.05) is 0 Å². The lowest BCUT2D eigenvalue weighted by atomic mass is 9.75. The Morgan fingerprint density at radius 2 is 2.00 bits per heavy atom. The number of rotatable bonds is 5. The van der Waals surface area contributed by atoms with Crippen LogP contribution in [0, 0.1) is 5.92 Å². The minimum atomic E-state index is -0.575. The number of hydrogen-bond donors (Lipinski definition) is 2. The van der Waals surface area contributed by atoms with Gasteiger partial charge >= 0.3 is 5.69 Å². The topological polar surface area (TPSA) is 115 Å². The van der Waals surface area contributed by atoms with Crippen molar-refractivity contribution in [3.8, 4) is 5.88 Å². The van der Waals surface area contributed by atoms with Gasteiger partial charge in [0.15, 0.2) is 0 Å². The predicted molar refractivity (Wildman–Crippen MR) is 96.7 cm³/mol. The predicted octanol–water partition coefficient (Wildman–Crippen LogP) is -0.270. The van der Waals surface area contributed by atoms with Crippen LogP contribution in [-0.2, 0) is 14.1 Å². The second-order valence-electron chi connectivity index (χ2n) is 6.74. The summed E-state index contributed by atoms with van der Waals surface area (Å²) in [4.78, 5) is 40.9. The van der Waals surface area contributed by atoms with Crippen molar-refractivity contribution in [2.45, 2.75) is 25.0 Å². The SMILES string of the molecule is COc1ccc([C@@H](NC(=O)c2cc(=O)n(C)c(=O)n2C)C2CC(O)C2)cn1. The number of nitrogens with one attached hydrogen (secondary N) is 1. The van der Waals surface area contributed by atoms with Crippen LogP contribution in [0.2, 0.25) is 0 Å². The lowest BCUT2D eigenvalue weighted by Gasteiger charge is -2.38. The van der Waals surface area contributed by atoms with Crippen LogP contribution >= 0.6 is 0 Å². The third-order valence-electron chi connectivity index (χ3n) is 4.99. The van der Waals surface area contributed by atoms with E-state index in [0.29, 0.717) is 18.7 Å². The van der Waals surface area contributed by atoms with E-state index in [1.165, 1.54) is 21.2 Å². The summed E-state index contributed by atoms with van der Waals surface area (Å²) in [6.45, 7) is 0. The second-order valence-corrected chi connectivity index (χ2v) is 6.74. The molecule has 0 radical (unpaired) electrons. The van der Waals surface area contributed by atoms with Gasteiger partial charge in [0.2, 0.25) is 5.88 Å². The van der Waals surface area contributed by atoms with Gasteiger partial charge in [0, 0.05) is 32.4 Å². The molecule has 0 aliphatic heterocycles. The first-order chi connectivity index (χ1) is 12.8. The fraction of sp³-hybridized carbons (Fsp3) is 0.444. The summed E-state index contributed by atoms with van der Waals surface area (Å²) in [5, 5.41) is 12.5. The molecule has 1 atom stereocenters. The van der Waals surface area contributed by atoms with E-state index in [4.69, 9.17) is 4.74 Å². The van der Waals surface area contributed by atoms with Crippen molar-refractivity contribution in [3.63, 3.8) is 0 Å². The summed E-state index contributed by atoms with van der Waals surface area (Å²) < 4.78 is 7.13. The van der Waals surface area contributed by atoms with Crippen LogP contribution in [0.5, 0.6) is 5.88 Å². The molecule has 0 spiro atoms. The van der Waals surface area contributed by atoms with Crippen LogP contribution < -0.4 is 21.3 Å². The molecule has 0 bridgehead atoms. The zero-order chi connectivity index (χ0) is 19.7. The molecule has 0 aromatic carbocycles. The number of aromatic nitrogens is 3. The minimum Gasteiger partial charge on any atom is -0.481 e. The summed E-state index contributed by atoms with van der Waals surface area (Å²) in [6, 6.07) is 4.22. The van der Waals surface area contributed by atoms with Crippen LogP contribution in [0.25, 0.3) is 0 Å². The fourth-order valence-electron chi connectivity index (χ4n) is 3.24. The molecule has 2 heterocycles. The molecule has 3 rings (SSSR count). The zero-order valence-electron chi connectivity index (χ0n) is 15.4. The lowest BCUT2D eigenvalue weighted by molar-refractivity contribution is 0.0233. The van der Waals surface area contributed by atoms with Crippen molar-refractivity contribution in [2.24, 2.45) is 20.0 Å². The molecule has 1 saturated carbocycles. The molecule has 2 N–H and O–H groups in total. The molecule has 144 valence electrons. The minimum absolute atomic E-state index is 0.0190. The number of ether oxygens (including phenoxy) is 1. The van der Waals surface area contributed by atoms with Gasteiger partial charge in [-0.05, 0) is 24.3 Å². The number of aliphatic hydroxyl groups excluding tert-OH is 1. The van der Waals surface area contributed by atoms with Gasteiger partial charge in [-0.3, -0.25) is 18.7 Å². The average Bonchev–Trinajstić information content (AvgIpc) is 2.65. The fourth-order valence-corrected chi connectivity index (χ4v) is 3.24. The number of amides is 1. The normalized spacial score (nSPS) is 19.9. The van der Waals surface area contributed by atoms with Gasteiger partial charge in [-0.1, -0.05) is 6.07 Å². The van der Waals surface area contributed by atoms with Crippen molar-refractivity contribution in [1.82, 2.24) is 19.4 Å². The molecule has 9 heteroatoms. The largest absolute Gasteiger partial charge is 0.481 e. The summed E-state index contributed by atoms with van der Waals surface area (Å²) in [6.07, 6.45) is 2.31. The molecule has 0 saturated heterocycles. The van der Waals surface area contributed by atoms with Crippen LogP contribution in [0.4, 0.5) is 0 Å². The molecule has 2 aromatic heterocycles. The van der Waals surface area contributed by atoms with Gasteiger partial charge in [-0.15, -0.1) is 0 Å². The Labute approximate surface area is 155 Å². The summed E-state index contributed by atoms with van der Waals surface area (Å²) in [5.74, 6) is -0.0522. The Bertz CT molecular complexity index is 957. The lowest BCUT2D eigenvalue weighted by Crippen LogP contribution is -2.45. The van der Waals surface area contributed by atoms with E-state index >= 15 is 0 Å². The monoisotopic (exact) mass is 374 g/mol. The Kier molecular flexibility index (Phi) is 5.13. The second kappa shape index (κ2) is 7.36. The molecule has 1 amide bonds. The van der Waals surface area contributed by atoms with Gasteiger partial charge < -0.3 is 15.2 Å². The van der Waals surface area contributed by atoms with Crippen molar-refractivity contribution in [3.05, 3.63) is 56.5 Å². The van der Waals surface area contributed by atoms with Gasteiger partial charge in [0.05, 0.1) is 19.3 Å². The van der Waals surface area contributed by atoms with Crippen LogP contribution in [0.15, 0.2) is 34.0 Å². The van der Waals surface area contributed by atoms with Crippen molar-refractivity contribution < 1.29 is 14.6 Å². The maximum Gasteiger partial charge on any atom is 0.331 e. The van der Waals surface area contributed by atoms with E-state index in [-0.39, 0.29) is 11.6 Å². The van der Waals surface area contributed by atoms with Gasteiger partial charge in [0.25, 0.3) is 11.5 Å². The third kappa shape index (κ3) is 3.63. The highest BCUT2D eigenvalue weighted by molar-refractivity contribution is 5.92. The summed E-state index contributed by atoms with van der Waals surface area (Å²) in [7, 11) is 4.31. The summed E-state index contributed by atoms with van der Waals surface area (Å²) >= 11 is 0. The van der Waals surface area contributed by atoms with Crippen LogP contribution in [-0.4, -0.2) is 38.3 Å². The number of nitrogens with zero attached hydrogens (tertiary/aromatic N) is 3. The average molecular weight is 374 g/mol. The Morgan fingerprint density at radius 1 is 1.30 bits per heavy atom. The number of pyridine rings is 1. The van der Waals surface area contributed by atoms with Crippen molar-refractivity contribution in [2.75, 3.05) is 7.11 Å². The van der Waals surface area contributed by atoms with Gasteiger partial charge in [-0.25, -0.2) is 9.78 Å². The number of carbonyl (C=O) groups is 1. The van der Waals surface area contributed by atoms with Gasteiger partial charge in [0.1, 0.15) is 5.69 Å². The van der Waals surface area contributed by atoms with Crippen LogP contribution in [0.1, 0.15) is 34.9 Å². The molecular formula is C18H22N4O5. The van der Waals surface area contributed by atoms with E-state index in [0.717, 1.165) is 20.8 Å². The van der Waals surface area contributed by atoms with Crippen molar-refractivity contribution >= 4 is 5.91 Å². The maximum absolute atomic E-state index is 12.8. The first-order valence-electron chi connectivity index (χ1n) is 8.57. The van der Waals surface area contributed by atoms with E-state index in [1.54, 1.807) is 18.3 Å². The molecule has 1 fully saturated rings. The van der Waals surface area contributed by atoms with Crippen LogP contribution in [0.3, 0.4) is 0 Å². The number of methoxy groups -OCH3 is 1. The maximum atomic E-state index is 12.8. The Morgan fingerprint density at radius 3 is 2.56 bits per heavy atom. The number of carbonyl (C=O) groups excluding carboxylic acids is 1.